The first-order valence-electron chi connectivity index (χ1n) is 34.4. The van der Waals surface area contributed by atoms with Crippen LogP contribution in [0.4, 0.5) is 8.78 Å². The van der Waals surface area contributed by atoms with Crippen LogP contribution in [0, 0.1) is 36.3 Å². The third-order valence-corrected chi connectivity index (χ3v) is 27.1. The molecule has 0 aliphatic heterocycles. The molecule has 500 valence electrons. The van der Waals surface area contributed by atoms with E-state index < -0.39 is 16.1 Å². The molecule has 0 atom stereocenters. The van der Waals surface area contributed by atoms with Gasteiger partial charge in [0.25, 0.3) is 0 Å². The summed E-state index contributed by atoms with van der Waals surface area (Å²) in [6.45, 7) is 37.4. The van der Waals surface area contributed by atoms with Crippen molar-refractivity contribution in [3.63, 3.8) is 0 Å². The Kier molecular flexibility index (Phi) is 18.3. The smallest absolute Gasteiger partial charge is 0.150 e. The quantitative estimate of drug-likeness (QED) is 0.0564. The Bertz CT molecular complexity index is 4640. The Morgan fingerprint density at radius 1 is 0.371 bits per heavy atom. The lowest BCUT2D eigenvalue weighted by molar-refractivity contribution is 0.248. The Morgan fingerprint density at radius 3 is 1.07 bits per heavy atom. The minimum absolute atomic E-state index is 0.0123. The molecule has 0 bridgehead atoms. The van der Waals surface area contributed by atoms with Gasteiger partial charge in [-0.25, -0.2) is 8.78 Å². The molecule has 10 heteroatoms. The van der Waals surface area contributed by atoms with Gasteiger partial charge in [0, 0.05) is 50.2 Å². The van der Waals surface area contributed by atoms with Crippen LogP contribution in [0.2, 0.25) is 26.2 Å². The van der Waals surface area contributed by atoms with Crippen LogP contribution in [-0.4, -0.2) is 52.7 Å². The Labute approximate surface area is 576 Å². The fraction of sp³-hybridized carbons (Fsp3) is 0.310. The number of ether oxygens (including phenoxy) is 4. The zero-order valence-corrected chi connectivity index (χ0v) is 62.3. The highest BCUT2D eigenvalue weighted by Crippen LogP contribution is 2.50. The molecule has 0 N–H and O–H groups in total. The first-order chi connectivity index (χ1) is 45.9. The van der Waals surface area contributed by atoms with E-state index in [0.717, 1.165) is 101 Å². The standard InChI is InChI=1S/C87H96F2N2O4Si2/c1-56-30-36-66-68-38-34-64(96(15,16)62-26-21-19-22-27-62)52-76(68)90(74(66)44-56)78-48-58(86(9,10)54-84(3,4)5)46-72(82(78)92-13)70-50-60(88)32-40-80(70)94-42-25-43-95-81-41-33-61(89)51-71(81)73-47-59(87(11,12)55-85(6,7)8)49-79(83(73)93-14)91-75-45-57(2)31-37-67(75)69-39-35-65(53-77(69)91)97(17,18)63-28-23-20-24-29-63/h19-24,26-41,44-53H,25,42-43,54-55H2,1-18H3. The van der Waals surface area contributed by atoms with E-state index in [1.165, 1.54) is 32.9 Å². The fourth-order valence-electron chi connectivity index (χ4n) is 15.7. The van der Waals surface area contributed by atoms with Gasteiger partial charge in [-0.15, -0.1) is 0 Å². The third kappa shape index (κ3) is 13.5. The second kappa shape index (κ2) is 25.9. The fourth-order valence-corrected chi connectivity index (χ4v) is 20.4. The van der Waals surface area contributed by atoms with Crippen LogP contribution in [0.25, 0.3) is 77.2 Å². The summed E-state index contributed by atoms with van der Waals surface area (Å²) in [6, 6.07) is 67.8. The molecule has 12 aromatic rings. The predicted molar refractivity (Wildman–Crippen MR) is 411 cm³/mol. The van der Waals surface area contributed by atoms with Crippen LogP contribution in [0.5, 0.6) is 23.0 Å². The van der Waals surface area contributed by atoms with Gasteiger partial charge >= 0.3 is 0 Å². The summed E-state index contributed by atoms with van der Waals surface area (Å²) in [4.78, 5) is 0. The van der Waals surface area contributed by atoms with Crippen molar-refractivity contribution < 1.29 is 27.7 Å². The number of nitrogens with zero attached hydrogens (tertiary/aromatic N) is 2. The number of aryl methyl sites for hydroxylation is 2. The molecule has 0 saturated heterocycles. The molecule has 0 radical (unpaired) electrons. The summed E-state index contributed by atoms with van der Waals surface area (Å²) in [7, 11) is -0.919. The molecule has 12 rings (SSSR count). The van der Waals surface area contributed by atoms with E-state index in [9.17, 15) is 0 Å². The summed E-state index contributed by atoms with van der Waals surface area (Å²) in [5.41, 5.74) is 12.4. The average molecular weight is 1330 g/mol. The van der Waals surface area contributed by atoms with Gasteiger partial charge in [0.2, 0.25) is 0 Å². The first kappa shape index (κ1) is 68.2. The molecule has 0 fully saturated rings. The maximum Gasteiger partial charge on any atom is 0.150 e. The Hall–Kier alpha value is -8.71. The number of hydrogen-bond donors (Lipinski definition) is 0. The summed E-state index contributed by atoms with van der Waals surface area (Å²) in [5.74, 6) is 1.47. The van der Waals surface area contributed by atoms with Crippen molar-refractivity contribution in [3.8, 4) is 56.6 Å². The van der Waals surface area contributed by atoms with Crippen molar-refractivity contribution in [2.24, 2.45) is 10.8 Å². The average Bonchev–Trinajstić information content (AvgIpc) is 1.60. The predicted octanol–water partition coefficient (Wildman–Crippen LogP) is 21.0. The van der Waals surface area contributed by atoms with Gasteiger partial charge < -0.3 is 28.1 Å². The van der Waals surface area contributed by atoms with Gasteiger partial charge in [-0.05, 0) is 156 Å². The normalized spacial score (nSPS) is 12.7. The maximum absolute atomic E-state index is 16.2. The van der Waals surface area contributed by atoms with Crippen LogP contribution in [0.1, 0.15) is 111 Å². The molecule has 2 heterocycles. The zero-order chi connectivity index (χ0) is 69.3. The molecule has 0 saturated carbocycles. The summed E-state index contributed by atoms with van der Waals surface area (Å²) < 4.78 is 64.3. The van der Waals surface area contributed by atoms with Crippen LogP contribution in [0.3, 0.4) is 0 Å². The number of halogens is 2. The summed E-state index contributed by atoms with van der Waals surface area (Å²) in [5, 5.41) is 9.94. The van der Waals surface area contributed by atoms with E-state index in [0.29, 0.717) is 40.5 Å². The van der Waals surface area contributed by atoms with Crippen molar-refractivity contribution >= 4 is 80.5 Å². The van der Waals surface area contributed by atoms with Crippen molar-refractivity contribution in [2.75, 3.05) is 27.4 Å². The van der Waals surface area contributed by atoms with Crippen molar-refractivity contribution in [1.82, 2.24) is 9.13 Å². The topological polar surface area (TPSA) is 46.8 Å². The Morgan fingerprint density at radius 2 is 0.722 bits per heavy atom. The molecular formula is C87H96F2N2O4Si2. The van der Waals surface area contributed by atoms with Crippen molar-refractivity contribution in [1.29, 1.82) is 0 Å². The molecule has 97 heavy (non-hydrogen) atoms. The van der Waals surface area contributed by atoms with Gasteiger partial charge in [0.05, 0.1) is 60.9 Å². The van der Waals surface area contributed by atoms with Gasteiger partial charge in [0.1, 0.15) is 39.3 Å². The molecular weight excluding hydrogens is 1230 g/mol. The third-order valence-electron chi connectivity index (χ3n) is 20.1. The van der Waals surface area contributed by atoms with E-state index in [1.54, 1.807) is 38.5 Å². The number of methoxy groups -OCH3 is 2. The van der Waals surface area contributed by atoms with E-state index in [1.807, 2.05) is 0 Å². The first-order valence-corrected chi connectivity index (χ1v) is 40.4. The second-order valence-electron chi connectivity index (χ2n) is 31.9. The molecule has 0 unspecified atom stereocenters. The van der Waals surface area contributed by atoms with Gasteiger partial charge in [-0.3, -0.25) is 0 Å². The van der Waals surface area contributed by atoms with Crippen LogP contribution < -0.4 is 39.7 Å². The molecule has 0 aliphatic carbocycles. The highest BCUT2D eigenvalue weighted by atomic mass is 28.3. The lowest BCUT2D eigenvalue weighted by Crippen LogP contribution is -2.52. The van der Waals surface area contributed by atoms with Crippen LogP contribution in [-0.2, 0) is 10.8 Å². The van der Waals surface area contributed by atoms with E-state index >= 15 is 8.78 Å². The molecule has 0 spiro atoms. The van der Waals surface area contributed by atoms with E-state index in [4.69, 9.17) is 18.9 Å². The molecule has 10 aromatic carbocycles. The van der Waals surface area contributed by atoms with Crippen LogP contribution in [0.15, 0.2) is 194 Å². The SMILES string of the molecule is COc1c(-c2cc(F)ccc2OCCCOc2ccc(F)cc2-c2cc(C(C)(C)CC(C)(C)C)cc(-n3c4cc(C)ccc4c4ccc([Si](C)(C)c5ccccc5)cc43)c2OC)cc(C(C)(C)CC(C)(C)C)cc1-n1c2cc(C)ccc2c2ccc([Si](C)(C)c3ccccc3)cc21. The summed E-state index contributed by atoms with van der Waals surface area (Å²) in [6.07, 6.45) is 2.21. The van der Waals surface area contributed by atoms with E-state index in [-0.39, 0.29) is 46.5 Å². The van der Waals surface area contributed by atoms with Gasteiger partial charge in [-0.1, -0.05) is 225 Å². The highest BCUT2D eigenvalue weighted by molar-refractivity contribution is 7.01. The van der Waals surface area contributed by atoms with E-state index in [2.05, 4.69) is 276 Å². The minimum Gasteiger partial charge on any atom is -0.494 e. The number of hydrogen-bond acceptors (Lipinski definition) is 4. The van der Waals surface area contributed by atoms with Crippen molar-refractivity contribution in [3.05, 3.63) is 228 Å². The molecule has 6 nitrogen and oxygen atoms in total. The number of rotatable bonds is 20. The largest absolute Gasteiger partial charge is 0.494 e. The molecule has 0 aliphatic rings. The van der Waals surface area contributed by atoms with Crippen molar-refractivity contribution in [2.45, 2.75) is 139 Å². The lowest BCUT2D eigenvalue weighted by atomic mass is 9.71. The van der Waals surface area contributed by atoms with Gasteiger partial charge in [-0.2, -0.15) is 0 Å². The van der Waals surface area contributed by atoms with Crippen LogP contribution >= 0.6 is 0 Å². The zero-order valence-electron chi connectivity index (χ0n) is 60.3. The summed E-state index contributed by atoms with van der Waals surface area (Å²) >= 11 is 0. The molecule has 0 amide bonds. The molecule has 2 aromatic heterocycles. The lowest BCUT2D eigenvalue weighted by Gasteiger charge is -2.34. The maximum atomic E-state index is 16.2. The second-order valence-corrected chi connectivity index (χ2v) is 40.7. The minimum atomic E-state index is -2.18. The number of benzene rings is 10. The Balaban J connectivity index is 0.933. The van der Waals surface area contributed by atoms with Gasteiger partial charge in [0.15, 0.2) is 11.5 Å². The number of aromatic nitrogens is 2. The number of fused-ring (bicyclic) bond motifs is 6. The monoisotopic (exact) mass is 1330 g/mol. The highest BCUT2D eigenvalue weighted by Gasteiger charge is 2.35.